The molecule has 7 nitrogen and oxygen atoms in total. The zero-order valence-electron chi connectivity index (χ0n) is 16.1. The third kappa shape index (κ3) is 4.85. The normalized spacial score (nSPS) is 11.1. The molecule has 148 valence electrons. The van der Waals surface area contributed by atoms with Gasteiger partial charge in [0.2, 0.25) is 0 Å². The summed E-state index contributed by atoms with van der Waals surface area (Å²) >= 11 is 1.51. The fraction of sp³-hybridized carbons (Fsp3) is 0.238. The van der Waals surface area contributed by atoms with Gasteiger partial charge in [-0.3, -0.25) is 9.78 Å². The van der Waals surface area contributed by atoms with Crippen LogP contribution < -0.4 is 10.6 Å². The van der Waals surface area contributed by atoms with Crippen LogP contribution in [0.3, 0.4) is 0 Å². The van der Waals surface area contributed by atoms with Gasteiger partial charge in [0.25, 0.3) is 5.91 Å². The number of aryl methyl sites for hydroxylation is 1. The summed E-state index contributed by atoms with van der Waals surface area (Å²) < 4.78 is 0. The molecule has 0 saturated heterocycles. The summed E-state index contributed by atoms with van der Waals surface area (Å²) in [4.78, 5) is 28.7. The largest absolute Gasteiger partial charge is 0.347 e. The van der Waals surface area contributed by atoms with Gasteiger partial charge in [-0.25, -0.2) is 9.97 Å². The van der Waals surface area contributed by atoms with Gasteiger partial charge in [-0.2, -0.15) is 0 Å². The van der Waals surface area contributed by atoms with Crippen molar-refractivity contribution in [3.05, 3.63) is 75.8 Å². The Morgan fingerprint density at radius 1 is 1.17 bits per heavy atom. The molecule has 1 aromatic carbocycles. The standard InChI is InChI=1S/C21H22N6OS/c1-14-10-22-8-6-15(14)11-24-21(28)18-13-29-20(27-18)7-9-23-12-19-25-16-4-2-3-5-17(16)26-19/h2-6,8,10,13,23H,7,9,11-12H2,1H3,(H,24,28)(H,25,26). The van der Waals surface area contributed by atoms with Crippen molar-refractivity contribution in [1.29, 1.82) is 0 Å². The Morgan fingerprint density at radius 3 is 2.93 bits per heavy atom. The lowest BCUT2D eigenvalue weighted by molar-refractivity contribution is 0.0946. The second-order valence-electron chi connectivity index (χ2n) is 6.74. The van der Waals surface area contributed by atoms with Crippen molar-refractivity contribution in [1.82, 2.24) is 30.6 Å². The number of carbonyl (C=O) groups excluding carboxylic acids is 1. The maximum atomic E-state index is 12.3. The molecule has 0 unspecified atom stereocenters. The first-order chi connectivity index (χ1) is 14.2. The molecule has 1 amide bonds. The number of nitrogens with one attached hydrogen (secondary N) is 3. The number of hydrogen-bond acceptors (Lipinski definition) is 6. The summed E-state index contributed by atoms with van der Waals surface area (Å²) in [5.41, 5.74) is 4.60. The minimum Gasteiger partial charge on any atom is -0.347 e. The van der Waals surface area contributed by atoms with Gasteiger partial charge in [0.15, 0.2) is 0 Å². The Balaban J connectivity index is 1.23. The Kier molecular flexibility index (Phi) is 5.92. The molecule has 0 saturated carbocycles. The highest BCUT2D eigenvalue weighted by molar-refractivity contribution is 7.09. The molecule has 4 rings (SSSR count). The lowest BCUT2D eigenvalue weighted by atomic mass is 10.1. The fourth-order valence-corrected chi connectivity index (χ4v) is 3.77. The third-order valence-corrected chi connectivity index (χ3v) is 5.52. The molecule has 0 aliphatic rings. The number of pyridine rings is 1. The van der Waals surface area contributed by atoms with Crippen LogP contribution in [0.5, 0.6) is 0 Å². The second kappa shape index (κ2) is 8.93. The summed E-state index contributed by atoms with van der Waals surface area (Å²) in [7, 11) is 0. The van der Waals surface area contributed by atoms with Gasteiger partial charge in [0.05, 0.1) is 22.6 Å². The van der Waals surface area contributed by atoms with Gasteiger partial charge >= 0.3 is 0 Å². The molecule has 29 heavy (non-hydrogen) atoms. The topological polar surface area (TPSA) is 95.6 Å². The quantitative estimate of drug-likeness (QED) is 0.391. The highest BCUT2D eigenvalue weighted by Crippen LogP contribution is 2.12. The number of aromatic nitrogens is 4. The summed E-state index contributed by atoms with van der Waals surface area (Å²) in [5, 5.41) is 9.04. The van der Waals surface area contributed by atoms with Gasteiger partial charge in [-0.15, -0.1) is 11.3 Å². The summed E-state index contributed by atoms with van der Waals surface area (Å²) in [6, 6.07) is 9.90. The minimum atomic E-state index is -0.154. The summed E-state index contributed by atoms with van der Waals surface area (Å²) in [6.07, 6.45) is 4.29. The molecule has 0 radical (unpaired) electrons. The number of benzene rings is 1. The van der Waals surface area contributed by atoms with Crippen molar-refractivity contribution in [2.45, 2.75) is 26.4 Å². The molecule has 3 aromatic heterocycles. The number of carbonyl (C=O) groups is 1. The zero-order valence-corrected chi connectivity index (χ0v) is 16.9. The van der Waals surface area contributed by atoms with E-state index in [1.54, 1.807) is 12.4 Å². The molecule has 3 heterocycles. The van der Waals surface area contributed by atoms with Gasteiger partial charge in [-0.1, -0.05) is 12.1 Å². The smallest absolute Gasteiger partial charge is 0.271 e. The fourth-order valence-electron chi connectivity index (χ4n) is 2.99. The molecule has 0 atom stereocenters. The van der Waals surface area contributed by atoms with Crippen LogP contribution in [0.25, 0.3) is 11.0 Å². The molecule has 0 aliphatic heterocycles. The van der Waals surface area contributed by atoms with E-state index >= 15 is 0 Å². The van der Waals surface area contributed by atoms with Crippen LogP contribution in [0.2, 0.25) is 0 Å². The van der Waals surface area contributed by atoms with E-state index in [1.165, 1.54) is 11.3 Å². The molecule has 0 fully saturated rings. The molecule has 0 bridgehead atoms. The van der Waals surface area contributed by atoms with Gasteiger partial charge in [0, 0.05) is 37.3 Å². The predicted molar refractivity (Wildman–Crippen MR) is 114 cm³/mol. The third-order valence-electron chi connectivity index (χ3n) is 4.61. The first-order valence-electron chi connectivity index (χ1n) is 9.45. The van der Waals surface area contributed by atoms with Crippen molar-refractivity contribution < 1.29 is 4.79 Å². The number of H-pyrrole nitrogens is 1. The van der Waals surface area contributed by atoms with Crippen LogP contribution in [0.15, 0.2) is 48.1 Å². The molecule has 0 spiro atoms. The number of thiazole rings is 1. The number of aromatic amines is 1. The second-order valence-corrected chi connectivity index (χ2v) is 7.68. The van der Waals surface area contributed by atoms with Gasteiger partial charge < -0.3 is 15.6 Å². The Morgan fingerprint density at radius 2 is 2.07 bits per heavy atom. The van der Waals surface area contributed by atoms with Crippen molar-refractivity contribution in [3.63, 3.8) is 0 Å². The van der Waals surface area contributed by atoms with E-state index < -0.39 is 0 Å². The maximum Gasteiger partial charge on any atom is 0.271 e. The lowest BCUT2D eigenvalue weighted by Crippen LogP contribution is -2.23. The molecular weight excluding hydrogens is 384 g/mol. The number of nitrogens with zero attached hydrogens (tertiary/aromatic N) is 3. The van der Waals surface area contributed by atoms with E-state index in [9.17, 15) is 4.79 Å². The van der Waals surface area contributed by atoms with Crippen molar-refractivity contribution >= 4 is 28.3 Å². The highest BCUT2D eigenvalue weighted by Gasteiger charge is 2.11. The SMILES string of the molecule is Cc1cnccc1CNC(=O)c1csc(CCNCc2nc3ccccc3[nH]2)n1. The predicted octanol–water partition coefficient (Wildman–Crippen LogP) is 2.99. The average Bonchev–Trinajstić information content (AvgIpc) is 3.37. The van der Waals surface area contributed by atoms with E-state index in [0.29, 0.717) is 18.8 Å². The van der Waals surface area contributed by atoms with E-state index in [1.807, 2.05) is 42.6 Å². The van der Waals surface area contributed by atoms with E-state index in [-0.39, 0.29) is 5.91 Å². The number of imidazole rings is 1. The zero-order chi connectivity index (χ0) is 20.1. The number of amides is 1. The first kappa shape index (κ1) is 19.2. The molecular formula is C21H22N6OS. The highest BCUT2D eigenvalue weighted by atomic mass is 32.1. The van der Waals surface area contributed by atoms with Crippen LogP contribution in [0, 0.1) is 6.92 Å². The molecule has 3 N–H and O–H groups in total. The van der Waals surface area contributed by atoms with E-state index in [2.05, 4.69) is 30.6 Å². The molecule has 4 aromatic rings. The van der Waals surface area contributed by atoms with Crippen LogP contribution in [0.1, 0.15) is 32.4 Å². The van der Waals surface area contributed by atoms with Crippen molar-refractivity contribution in [3.8, 4) is 0 Å². The Labute approximate surface area is 172 Å². The summed E-state index contributed by atoms with van der Waals surface area (Å²) in [6.45, 7) is 3.88. The number of para-hydroxylation sites is 2. The maximum absolute atomic E-state index is 12.3. The lowest BCUT2D eigenvalue weighted by Gasteiger charge is -2.06. The summed E-state index contributed by atoms with van der Waals surface area (Å²) in [5.74, 6) is 0.760. The Bertz CT molecular complexity index is 1090. The number of fused-ring (bicyclic) bond motifs is 1. The van der Waals surface area contributed by atoms with Gasteiger partial charge in [0.1, 0.15) is 11.5 Å². The number of hydrogen-bond donors (Lipinski definition) is 3. The first-order valence-corrected chi connectivity index (χ1v) is 10.3. The minimum absolute atomic E-state index is 0.154. The number of rotatable bonds is 8. The van der Waals surface area contributed by atoms with E-state index in [0.717, 1.165) is 46.0 Å². The monoisotopic (exact) mass is 406 g/mol. The van der Waals surface area contributed by atoms with E-state index in [4.69, 9.17) is 0 Å². The van der Waals surface area contributed by atoms with Crippen LogP contribution in [-0.4, -0.2) is 32.4 Å². The molecule has 0 aliphatic carbocycles. The van der Waals surface area contributed by atoms with Crippen LogP contribution in [-0.2, 0) is 19.5 Å². The van der Waals surface area contributed by atoms with Crippen molar-refractivity contribution in [2.24, 2.45) is 0 Å². The average molecular weight is 407 g/mol. The van der Waals surface area contributed by atoms with Crippen molar-refractivity contribution in [2.75, 3.05) is 6.54 Å². The van der Waals surface area contributed by atoms with Crippen LogP contribution >= 0.6 is 11.3 Å². The molecule has 8 heteroatoms. The Hall–Kier alpha value is -3.10. The van der Waals surface area contributed by atoms with Crippen LogP contribution in [0.4, 0.5) is 0 Å². The van der Waals surface area contributed by atoms with Gasteiger partial charge in [-0.05, 0) is 36.2 Å².